The fraction of sp³-hybridized carbons (Fsp3) is 0.905. The Kier molecular flexibility index (Phi) is 5.94. The smallest absolute Gasteiger partial charge is 0.224 e. The molecule has 2 atom stereocenters. The molecule has 2 heterocycles. The quantitative estimate of drug-likeness (QED) is 0.585. The van der Waals surface area contributed by atoms with E-state index >= 15 is 0 Å². The van der Waals surface area contributed by atoms with E-state index in [2.05, 4.69) is 44.6 Å². The van der Waals surface area contributed by atoms with Gasteiger partial charge >= 0.3 is 0 Å². The number of aldehydes is 1. The Morgan fingerprint density at radius 2 is 1.75 bits per heavy atom. The molecule has 1 saturated carbocycles. The van der Waals surface area contributed by atoms with Crippen LogP contribution in [0.15, 0.2) is 0 Å². The Hall–Kier alpha value is -1.02. The van der Waals surface area contributed by atoms with E-state index in [0.717, 1.165) is 25.8 Å². The van der Waals surface area contributed by atoms with E-state index in [1.165, 1.54) is 0 Å². The van der Waals surface area contributed by atoms with Gasteiger partial charge in [-0.05, 0) is 34.1 Å². The minimum Gasteiger partial charge on any atom is -0.379 e. The first kappa shape index (κ1) is 21.7. The fourth-order valence-corrected chi connectivity index (χ4v) is 6.22. The number of morpholine rings is 1. The Morgan fingerprint density at radius 1 is 1.18 bits per heavy atom. The van der Waals surface area contributed by atoms with E-state index in [4.69, 9.17) is 9.57 Å². The Bertz CT molecular complexity index is 578. The lowest BCUT2D eigenvalue weighted by molar-refractivity contribution is -0.267. The van der Waals surface area contributed by atoms with Crippen LogP contribution >= 0.6 is 0 Å². The highest BCUT2D eigenvalue weighted by Gasteiger charge is 2.85. The van der Waals surface area contributed by atoms with Crippen molar-refractivity contribution < 1.29 is 19.2 Å². The molecule has 160 valence electrons. The number of amides is 1. The molecular formula is C21H37N3O4. The minimum atomic E-state index is -0.344. The van der Waals surface area contributed by atoms with Crippen LogP contribution in [0.2, 0.25) is 0 Å². The first-order valence-electron chi connectivity index (χ1n) is 10.6. The summed E-state index contributed by atoms with van der Waals surface area (Å²) in [6.07, 6.45) is 2.34. The van der Waals surface area contributed by atoms with Crippen molar-refractivity contribution in [3.8, 4) is 0 Å². The van der Waals surface area contributed by atoms with Crippen molar-refractivity contribution in [1.82, 2.24) is 14.9 Å². The van der Waals surface area contributed by atoms with Crippen LogP contribution in [0.1, 0.15) is 53.9 Å². The highest BCUT2D eigenvalue weighted by atomic mass is 16.7. The first-order valence-corrected chi connectivity index (χ1v) is 10.6. The molecule has 2 saturated heterocycles. The number of hydrogen-bond donors (Lipinski definition) is 0. The van der Waals surface area contributed by atoms with E-state index in [1.54, 1.807) is 0 Å². The summed E-state index contributed by atoms with van der Waals surface area (Å²) in [5.74, 6) is 0.589. The maximum Gasteiger partial charge on any atom is 0.224 e. The van der Waals surface area contributed by atoms with E-state index in [9.17, 15) is 9.59 Å². The van der Waals surface area contributed by atoms with Crippen molar-refractivity contribution in [1.29, 1.82) is 0 Å². The molecule has 28 heavy (non-hydrogen) atoms. The molecule has 7 heteroatoms. The SMILES string of the molecule is CCCON1C(C)(C)C2C(C1(C)C)C2(N1CCOCC1)N(C)C(=O)CCC=O. The number of piperidine rings is 1. The molecule has 0 aromatic rings. The van der Waals surface area contributed by atoms with Crippen LogP contribution in [0.4, 0.5) is 0 Å². The van der Waals surface area contributed by atoms with Gasteiger partial charge in [-0.2, -0.15) is 5.06 Å². The van der Waals surface area contributed by atoms with Crippen LogP contribution < -0.4 is 0 Å². The van der Waals surface area contributed by atoms with E-state index < -0.39 is 0 Å². The summed E-state index contributed by atoms with van der Waals surface area (Å²) in [6.45, 7) is 14.8. The van der Waals surface area contributed by atoms with Gasteiger partial charge in [-0.3, -0.25) is 14.5 Å². The number of rotatable bonds is 8. The molecule has 0 aromatic carbocycles. The monoisotopic (exact) mass is 395 g/mol. The summed E-state index contributed by atoms with van der Waals surface area (Å²) < 4.78 is 5.60. The maximum atomic E-state index is 13.0. The Labute approximate surface area is 169 Å². The molecule has 1 amide bonds. The Morgan fingerprint density at radius 3 is 2.25 bits per heavy atom. The third-order valence-corrected chi connectivity index (χ3v) is 7.04. The highest BCUT2D eigenvalue weighted by molar-refractivity contribution is 5.79. The fourth-order valence-electron chi connectivity index (χ4n) is 6.22. The molecule has 3 fully saturated rings. The molecule has 0 aromatic heterocycles. The van der Waals surface area contributed by atoms with Gasteiger partial charge < -0.3 is 14.4 Å². The normalized spacial score (nSPS) is 34.1. The van der Waals surface area contributed by atoms with Gasteiger partial charge in [0.2, 0.25) is 5.91 Å². The van der Waals surface area contributed by atoms with E-state index in [-0.39, 0.29) is 47.3 Å². The van der Waals surface area contributed by atoms with Gasteiger partial charge in [-0.15, -0.1) is 0 Å². The summed E-state index contributed by atoms with van der Waals surface area (Å²) in [4.78, 5) is 34.4. The molecule has 0 N–H and O–H groups in total. The number of ether oxygens (including phenoxy) is 1. The lowest BCUT2D eigenvalue weighted by atomic mass is 9.93. The Balaban J connectivity index is 1.96. The minimum absolute atomic E-state index is 0.0422. The molecule has 3 aliphatic rings. The molecule has 2 unspecified atom stereocenters. The number of carbonyl (C=O) groups is 2. The molecule has 2 aliphatic heterocycles. The van der Waals surface area contributed by atoms with Crippen LogP contribution in [-0.4, -0.2) is 83.8 Å². The molecule has 1 aliphatic carbocycles. The van der Waals surface area contributed by atoms with Crippen molar-refractivity contribution in [2.75, 3.05) is 40.0 Å². The standard InChI is InChI=1S/C21H37N3O4/c1-7-13-28-24-19(2,3)17-18(20(24,4)5)21(17,23-10-14-27-15-11-23)22(6)16(26)9-8-12-25/h12,17-18H,7-11,13-15H2,1-6H3. The first-order chi connectivity index (χ1) is 13.2. The lowest BCUT2D eigenvalue weighted by Crippen LogP contribution is -2.66. The molecule has 0 spiro atoms. The number of fused-ring (bicyclic) bond motifs is 1. The molecule has 7 nitrogen and oxygen atoms in total. The van der Waals surface area contributed by atoms with Crippen molar-refractivity contribution in [3.05, 3.63) is 0 Å². The largest absolute Gasteiger partial charge is 0.379 e. The summed E-state index contributed by atoms with van der Waals surface area (Å²) in [5.41, 5.74) is -0.759. The van der Waals surface area contributed by atoms with Crippen LogP contribution in [0.25, 0.3) is 0 Å². The van der Waals surface area contributed by atoms with Crippen molar-refractivity contribution >= 4 is 12.2 Å². The van der Waals surface area contributed by atoms with Gasteiger partial charge in [0.25, 0.3) is 0 Å². The number of hydrogen-bond acceptors (Lipinski definition) is 6. The van der Waals surface area contributed by atoms with Gasteiger partial charge in [-0.25, -0.2) is 0 Å². The van der Waals surface area contributed by atoms with Crippen molar-refractivity contribution in [2.45, 2.75) is 70.6 Å². The van der Waals surface area contributed by atoms with E-state index in [1.807, 2.05) is 11.9 Å². The number of hydroxylamine groups is 2. The summed E-state index contributed by atoms with van der Waals surface area (Å²) in [6, 6.07) is 0. The molecule has 3 rings (SSSR count). The zero-order valence-corrected chi connectivity index (χ0v) is 18.4. The predicted molar refractivity (Wildman–Crippen MR) is 106 cm³/mol. The third-order valence-electron chi connectivity index (χ3n) is 7.04. The number of carbonyl (C=O) groups excluding carboxylic acids is 2. The second kappa shape index (κ2) is 7.67. The van der Waals surface area contributed by atoms with Gasteiger partial charge in [0.05, 0.1) is 19.8 Å². The van der Waals surface area contributed by atoms with Crippen LogP contribution in [-0.2, 0) is 19.2 Å². The maximum absolute atomic E-state index is 13.0. The van der Waals surface area contributed by atoms with Gasteiger partial charge in [0, 0.05) is 55.9 Å². The van der Waals surface area contributed by atoms with Gasteiger partial charge in [0.1, 0.15) is 11.9 Å². The number of nitrogens with zero attached hydrogens (tertiary/aromatic N) is 3. The summed E-state index contributed by atoms with van der Waals surface area (Å²) in [7, 11) is 1.92. The molecular weight excluding hydrogens is 358 g/mol. The summed E-state index contributed by atoms with van der Waals surface area (Å²) >= 11 is 0. The molecule has 0 radical (unpaired) electrons. The average molecular weight is 396 g/mol. The van der Waals surface area contributed by atoms with Crippen molar-refractivity contribution in [2.24, 2.45) is 11.8 Å². The van der Waals surface area contributed by atoms with Crippen LogP contribution in [0, 0.1) is 11.8 Å². The van der Waals surface area contributed by atoms with Crippen LogP contribution in [0.5, 0.6) is 0 Å². The zero-order chi connectivity index (χ0) is 20.7. The average Bonchev–Trinajstić information content (AvgIpc) is 3.36. The third kappa shape index (κ3) is 3.02. The van der Waals surface area contributed by atoms with Crippen LogP contribution in [0.3, 0.4) is 0 Å². The van der Waals surface area contributed by atoms with Gasteiger partial charge in [-0.1, -0.05) is 6.92 Å². The predicted octanol–water partition coefficient (Wildman–Crippen LogP) is 1.91. The second-order valence-corrected chi connectivity index (χ2v) is 9.43. The lowest BCUT2D eigenvalue weighted by Gasteiger charge is -2.52. The van der Waals surface area contributed by atoms with Crippen molar-refractivity contribution in [3.63, 3.8) is 0 Å². The summed E-state index contributed by atoms with van der Waals surface area (Å²) in [5, 5.41) is 2.18. The van der Waals surface area contributed by atoms with E-state index in [0.29, 0.717) is 19.8 Å². The second-order valence-electron chi connectivity index (χ2n) is 9.43. The zero-order valence-electron chi connectivity index (χ0n) is 18.4. The van der Waals surface area contributed by atoms with Gasteiger partial charge in [0.15, 0.2) is 0 Å². The molecule has 0 bridgehead atoms. The highest BCUT2D eigenvalue weighted by Crippen LogP contribution is 2.72. The topological polar surface area (TPSA) is 62.3 Å².